The molecule has 0 bridgehead atoms. The maximum absolute atomic E-state index is 11.5. The minimum atomic E-state index is 0.140. The largest absolute Gasteiger partial charge is 0.367 e. The van der Waals surface area contributed by atoms with Gasteiger partial charge in [-0.05, 0) is 55.2 Å². The van der Waals surface area contributed by atoms with E-state index in [2.05, 4.69) is 51.2 Å². The first-order valence-electron chi connectivity index (χ1n) is 7.27. The van der Waals surface area contributed by atoms with Gasteiger partial charge in [0.15, 0.2) is 5.78 Å². The summed E-state index contributed by atoms with van der Waals surface area (Å²) in [4.78, 5) is 13.9. The zero-order valence-electron chi connectivity index (χ0n) is 12.1. The van der Waals surface area contributed by atoms with Crippen LogP contribution in [0.5, 0.6) is 0 Å². The Morgan fingerprint density at radius 1 is 1.24 bits per heavy atom. The number of hydrogen-bond donors (Lipinski definition) is 0. The monoisotopic (exact) mass is 343 g/mol. The van der Waals surface area contributed by atoms with Crippen LogP contribution in [-0.2, 0) is 13.0 Å². The maximum atomic E-state index is 11.5. The molecule has 2 nitrogen and oxygen atoms in total. The fourth-order valence-corrected chi connectivity index (χ4v) is 3.30. The Labute approximate surface area is 133 Å². The van der Waals surface area contributed by atoms with Gasteiger partial charge in [-0.3, -0.25) is 4.79 Å². The Bertz CT molecular complexity index is 681. The minimum absolute atomic E-state index is 0.140. The zero-order valence-corrected chi connectivity index (χ0v) is 13.7. The van der Waals surface area contributed by atoms with Gasteiger partial charge in [-0.1, -0.05) is 34.1 Å². The zero-order chi connectivity index (χ0) is 14.8. The van der Waals surface area contributed by atoms with Crippen LogP contribution >= 0.6 is 15.9 Å². The van der Waals surface area contributed by atoms with Crippen molar-refractivity contribution in [1.29, 1.82) is 0 Å². The summed E-state index contributed by atoms with van der Waals surface area (Å²) >= 11 is 3.62. The molecule has 0 spiro atoms. The predicted octanol–water partition coefficient (Wildman–Crippen LogP) is 4.60. The van der Waals surface area contributed by atoms with Crippen LogP contribution < -0.4 is 4.90 Å². The number of nitrogens with zero attached hydrogens (tertiary/aromatic N) is 1. The van der Waals surface area contributed by atoms with Gasteiger partial charge in [0, 0.05) is 28.8 Å². The molecule has 0 saturated carbocycles. The lowest BCUT2D eigenvalue weighted by molar-refractivity contribution is 0.101. The lowest BCUT2D eigenvalue weighted by atomic mass is 9.97. The molecule has 2 aromatic rings. The first-order valence-corrected chi connectivity index (χ1v) is 8.06. The van der Waals surface area contributed by atoms with E-state index in [1.807, 2.05) is 12.1 Å². The Morgan fingerprint density at radius 2 is 2.05 bits per heavy atom. The van der Waals surface area contributed by atoms with E-state index in [1.165, 1.54) is 16.8 Å². The van der Waals surface area contributed by atoms with Crippen molar-refractivity contribution in [3.05, 3.63) is 63.6 Å². The van der Waals surface area contributed by atoms with Crippen molar-refractivity contribution in [3.8, 4) is 0 Å². The third-order valence-corrected chi connectivity index (χ3v) is 4.79. The highest BCUT2D eigenvalue weighted by Crippen LogP contribution is 2.30. The molecule has 0 aliphatic carbocycles. The number of hydrogen-bond acceptors (Lipinski definition) is 2. The van der Waals surface area contributed by atoms with E-state index in [9.17, 15) is 4.79 Å². The fraction of sp³-hybridized carbons (Fsp3) is 0.278. The lowest BCUT2D eigenvalue weighted by Gasteiger charge is -2.32. The van der Waals surface area contributed by atoms with E-state index >= 15 is 0 Å². The van der Waals surface area contributed by atoms with Crippen molar-refractivity contribution in [2.24, 2.45) is 0 Å². The summed E-state index contributed by atoms with van der Waals surface area (Å²) in [7, 11) is 0. The average molecular weight is 344 g/mol. The number of carbonyl (C=O) groups excluding carboxylic acids is 1. The molecule has 0 radical (unpaired) electrons. The van der Waals surface area contributed by atoms with Gasteiger partial charge in [0.25, 0.3) is 0 Å². The Balaban J connectivity index is 1.90. The highest BCUT2D eigenvalue weighted by atomic mass is 79.9. The van der Waals surface area contributed by atoms with Crippen LogP contribution in [0.25, 0.3) is 0 Å². The van der Waals surface area contributed by atoms with Gasteiger partial charge < -0.3 is 4.90 Å². The topological polar surface area (TPSA) is 20.3 Å². The summed E-state index contributed by atoms with van der Waals surface area (Å²) in [5.74, 6) is 0.140. The van der Waals surface area contributed by atoms with E-state index in [4.69, 9.17) is 0 Å². The van der Waals surface area contributed by atoms with E-state index in [0.29, 0.717) is 0 Å². The number of halogens is 1. The van der Waals surface area contributed by atoms with Gasteiger partial charge in [-0.2, -0.15) is 0 Å². The normalized spacial score (nSPS) is 13.9. The molecule has 2 aromatic carbocycles. The lowest BCUT2D eigenvalue weighted by Crippen LogP contribution is -2.29. The molecule has 3 rings (SSSR count). The molecule has 0 saturated heterocycles. The molecule has 0 N–H and O–H groups in total. The first-order chi connectivity index (χ1) is 10.1. The van der Waals surface area contributed by atoms with Crippen molar-refractivity contribution in [2.75, 3.05) is 11.4 Å². The van der Waals surface area contributed by atoms with Crippen molar-refractivity contribution in [2.45, 2.75) is 26.3 Å². The second kappa shape index (κ2) is 6.02. The van der Waals surface area contributed by atoms with Crippen LogP contribution in [0.15, 0.2) is 46.9 Å². The third kappa shape index (κ3) is 3.03. The van der Waals surface area contributed by atoms with Gasteiger partial charge in [-0.15, -0.1) is 0 Å². The Morgan fingerprint density at radius 3 is 2.81 bits per heavy atom. The van der Waals surface area contributed by atoms with Crippen LogP contribution in [-0.4, -0.2) is 12.3 Å². The van der Waals surface area contributed by atoms with Gasteiger partial charge in [0.1, 0.15) is 0 Å². The highest BCUT2D eigenvalue weighted by molar-refractivity contribution is 9.10. The summed E-state index contributed by atoms with van der Waals surface area (Å²) in [5.41, 5.74) is 4.67. The summed E-state index contributed by atoms with van der Waals surface area (Å²) < 4.78 is 1.15. The summed E-state index contributed by atoms with van der Waals surface area (Å²) in [6.45, 7) is 3.59. The molecule has 0 fully saturated rings. The molecule has 1 aliphatic heterocycles. The standard InChI is InChI=1S/C18H18BrNO/c1-13(21)14-8-9-18-15(11-14)6-4-10-20(18)12-16-5-2-3-7-17(16)19/h2-3,5,7-9,11H,4,6,10,12H2,1H3. The van der Waals surface area contributed by atoms with E-state index in [-0.39, 0.29) is 5.78 Å². The molecular weight excluding hydrogens is 326 g/mol. The number of rotatable bonds is 3. The van der Waals surface area contributed by atoms with Crippen LogP contribution in [0, 0.1) is 0 Å². The molecule has 0 unspecified atom stereocenters. The van der Waals surface area contributed by atoms with Crippen LogP contribution in [0.1, 0.15) is 34.8 Å². The SMILES string of the molecule is CC(=O)c1ccc2c(c1)CCCN2Cc1ccccc1Br. The quantitative estimate of drug-likeness (QED) is 0.758. The van der Waals surface area contributed by atoms with Crippen LogP contribution in [0.3, 0.4) is 0 Å². The Hall–Kier alpha value is -1.61. The summed E-state index contributed by atoms with van der Waals surface area (Å²) in [5, 5.41) is 0. The molecular formula is C18H18BrNO. The van der Waals surface area contributed by atoms with Crippen LogP contribution in [0.4, 0.5) is 5.69 Å². The van der Waals surface area contributed by atoms with Gasteiger partial charge in [0.05, 0.1) is 0 Å². The second-order valence-corrected chi connectivity index (χ2v) is 6.37. The second-order valence-electron chi connectivity index (χ2n) is 5.52. The van der Waals surface area contributed by atoms with Gasteiger partial charge in [-0.25, -0.2) is 0 Å². The van der Waals surface area contributed by atoms with Crippen molar-refractivity contribution < 1.29 is 4.79 Å². The smallest absolute Gasteiger partial charge is 0.159 e. The number of ketones is 1. The molecule has 21 heavy (non-hydrogen) atoms. The number of aryl methyl sites for hydroxylation is 1. The first kappa shape index (κ1) is 14.3. The molecule has 0 atom stereocenters. The molecule has 0 amide bonds. The van der Waals surface area contributed by atoms with Crippen molar-refractivity contribution in [1.82, 2.24) is 0 Å². The molecule has 0 aromatic heterocycles. The number of anilines is 1. The molecule has 108 valence electrons. The molecule has 3 heteroatoms. The Kier molecular flexibility index (Phi) is 4.11. The van der Waals surface area contributed by atoms with Gasteiger partial charge in [0.2, 0.25) is 0 Å². The van der Waals surface area contributed by atoms with E-state index < -0.39 is 0 Å². The van der Waals surface area contributed by atoms with E-state index in [1.54, 1.807) is 6.92 Å². The maximum Gasteiger partial charge on any atom is 0.159 e. The van der Waals surface area contributed by atoms with E-state index in [0.717, 1.165) is 36.0 Å². The fourth-order valence-electron chi connectivity index (χ4n) is 2.89. The summed E-state index contributed by atoms with van der Waals surface area (Å²) in [6.07, 6.45) is 2.20. The van der Waals surface area contributed by atoms with Crippen molar-refractivity contribution >= 4 is 27.4 Å². The predicted molar refractivity (Wildman–Crippen MR) is 90.0 cm³/mol. The average Bonchev–Trinajstić information content (AvgIpc) is 2.49. The molecule has 1 heterocycles. The van der Waals surface area contributed by atoms with Crippen LogP contribution in [0.2, 0.25) is 0 Å². The summed E-state index contributed by atoms with van der Waals surface area (Å²) in [6, 6.07) is 14.5. The number of Topliss-reactive ketones (excluding diaryl/α,β-unsaturated/α-hetero) is 1. The highest BCUT2D eigenvalue weighted by Gasteiger charge is 2.18. The minimum Gasteiger partial charge on any atom is -0.367 e. The number of carbonyl (C=O) groups is 1. The third-order valence-electron chi connectivity index (χ3n) is 4.02. The van der Waals surface area contributed by atoms with Gasteiger partial charge >= 0.3 is 0 Å². The van der Waals surface area contributed by atoms with Crippen molar-refractivity contribution in [3.63, 3.8) is 0 Å². The number of benzene rings is 2. The molecule has 1 aliphatic rings. The number of fused-ring (bicyclic) bond motifs is 1.